The molecule has 4 atom stereocenters. The van der Waals surface area contributed by atoms with Crippen LogP contribution in [0.25, 0.3) is 0 Å². The van der Waals surface area contributed by atoms with Gasteiger partial charge >= 0.3 is 5.97 Å². The third kappa shape index (κ3) is 3.59. The van der Waals surface area contributed by atoms with E-state index >= 15 is 0 Å². The van der Waals surface area contributed by atoms with Crippen LogP contribution >= 0.6 is 0 Å². The molecule has 0 N–H and O–H groups in total. The van der Waals surface area contributed by atoms with Crippen LogP contribution in [0.1, 0.15) is 51.5 Å². The van der Waals surface area contributed by atoms with E-state index in [9.17, 15) is 4.79 Å². The zero-order valence-electron chi connectivity index (χ0n) is 12.1. The largest absolute Gasteiger partial charge is 0.462 e. The van der Waals surface area contributed by atoms with E-state index in [1.165, 1.54) is 18.9 Å². The van der Waals surface area contributed by atoms with E-state index in [0.717, 1.165) is 12.8 Å². The molecule has 104 valence electrons. The van der Waals surface area contributed by atoms with Gasteiger partial charge in [-0.1, -0.05) is 50.6 Å². The van der Waals surface area contributed by atoms with Gasteiger partial charge in [-0.25, -0.2) is 0 Å². The predicted molar refractivity (Wildman–Crippen MR) is 76.9 cm³/mol. The van der Waals surface area contributed by atoms with E-state index in [1.807, 2.05) is 6.07 Å². The Morgan fingerprint density at radius 2 is 1.95 bits per heavy atom. The van der Waals surface area contributed by atoms with Gasteiger partial charge in [-0.05, 0) is 30.2 Å². The number of hydrogen-bond donors (Lipinski definition) is 0. The van der Waals surface area contributed by atoms with E-state index in [1.54, 1.807) is 0 Å². The second kappa shape index (κ2) is 6.23. The molecule has 1 aliphatic rings. The molecule has 1 fully saturated rings. The van der Waals surface area contributed by atoms with Gasteiger partial charge in [0.05, 0.1) is 0 Å². The summed E-state index contributed by atoms with van der Waals surface area (Å²) in [6.07, 6.45) is 3.47. The van der Waals surface area contributed by atoms with E-state index < -0.39 is 0 Å². The average molecular weight is 260 g/mol. The van der Waals surface area contributed by atoms with Gasteiger partial charge in [0.15, 0.2) is 0 Å². The highest BCUT2D eigenvalue weighted by Crippen LogP contribution is 2.39. The first-order chi connectivity index (χ1) is 9.08. The highest BCUT2D eigenvalue weighted by Gasteiger charge is 2.34. The zero-order chi connectivity index (χ0) is 13.8. The monoisotopic (exact) mass is 260 g/mol. The van der Waals surface area contributed by atoms with E-state index in [2.05, 4.69) is 38.1 Å². The van der Waals surface area contributed by atoms with E-state index in [-0.39, 0.29) is 12.1 Å². The summed E-state index contributed by atoms with van der Waals surface area (Å²) in [6.45, 7) is 6.02. The smallest absolute Gasteiger partial charge is 0.302 e. The van der Waals surface area contributed by atoms with Gasteiger partial charge in [0.25, 0.3) is 0 Å². The van der Waals surface area contributed by atoms with Gasteiger partial charge in [-0.2, -0.15) is 0 Å². The molecule has 2 heteroatoms. The molecule has 1 aliphatic carbocycles. The second-order valence-corrected chi connectivity index (χ2v) is 5.93. The Morgan fingerprint density at radius 3 is 2.58 bits per heavy atom. The Kier molecular flexibility index (Phi) is 4.62. The maximum Gasteiger partial charge on any atom is 0.302 e. The van der Waals surface area contributed by atoms with Crippen LogP contribution in [-0.2, 0) is 9.53 Å². The molecule has 19 heavy (non-hydrogen) atoms. The third-order valence-corrected chi connectivity index (χ3v) is 4.39. The van der Waals surface area contributed by atoms with Gasteiger partial charge in [0.2, 0.25) is 0 Å². The van der Waals surface area contributed by atoms with Crippen LogP contribution in [0.15, 0.2) is 30.3 Å². The first-order valence-corrected chi connectivity index (χ1v) is 7.30. The number of benzene rings is 1. The molecular formula is C17H24O2. The van der Waals surface area contributed by atoms with Gasteiger partial charge in [0.1, 0.15) is 6.10 Å². The summed E-state index contributed by atoms with van der Waals surface area (Å²) in [5.41, 5.74) is 1.35. The molecule has 0 spiro atoms. The normalized spacial score (nSPS) is 28.7. The van der Waals surface area contributed by atoms with Crippen LogP contribution in [0.2, 0.25) is 0 Å². The van der Waals surface area contributed by atoms with Crippen LogP contribution in [0.3, 0.4) is 0 Å². The molecule has 2 rings (SSSR count). The summed E-state index contributed by atoms with van der Waals surface area (Å²) in [7, 11) is 0. The summed E-state index contributed by atoms with van der Waals surface area (Å²) in [6, 6.07) is 10.6. The van der Waals surface area contributed by atoms with Crippen molar-refractivity contribution < 1.29 is 9.53 Å². The van der Waals surface area contributed by atoms with Crippen LogP contribution in [0, 0.1) is 11.8 Å². The molecule has 2 nitrogen and oxygen atoms in total. The highest BCUT2D eigenvalue weighted by atomic mass is 16.5. The summed E-state index contributed by atoms with van der Waals surface area (Å²) < 4.78 is 5.58. The fourth-order valence-electron chi connectivity index (χ4n) is 3.28. The molecule has 1 aromatic carbocycles. The van der Waals surface area contributed by atoms with Crippen molar-refractivity contribution in [1.29, 1.82) is 0 Å². The van der Waals surface area contributed by atoms with E-state index in [0.29, 0.717) is 17.8 Å². The molecule has 1 saturated carbocycles. The molecule has 0 aliphatic heterocycles. The summed E-state index contributed by atoms with van der Waals surface area (Å²) >= 11 is 0. The predicted octanol–water partition coefficient (Wildman–Crippen LogP) is 4.16. The lowest BCUT2D eigenvalue weighted by atomic mass is 9.73. The molecule has 0 aromatic heterocycles. The standard InChI is InChI=1S/C17H24O2/c1-12-9-10-16(17(11-12)19-14(3)18)13(2)15-7-5-4-6-8-15/h4-8,12-13,16-17H,9-11H2,1-3H3. The topological polar surface area (TPSA) is 26.3 Å². The fourth-order valence-corrected chi connectivity index (χ4v) is 3.28. The Balaban J connectivity index is 2.13. The summed E-state index contributed by atoms with van der Waals surface area (Å²) in [5.74, 6) is 1.40. The van der Waals surface area contributed by atoms with Crippen molar-refractivity contribution in [2.24, 2.45) is 11.8 Å². The fraction of sp³-hybridized carbons (Fsp3) is 0.588. The zero-order valence-corrected chi connectivity index (χ0v) is 12.1. The first-order valence-electron chi connectivity index (χ1n) is 7.30. The lowest BCUT2D eigenvalue weighted by Gasteiger charge is -2.37. The molecule has 0 heterocycles. The van der Waals surface area contributed by atoms with Crippen LogP contribution < -0.4 is 0 Å². The van der Waals surface area contributed by atoms with E-state index in [4.69, 9.17) is 4.74 Å². The lowest BCUT2D eigenvalue weighted by Crippen LogP contribution is -2.35. The Morgan fingerprint density at radius 1 is 1.26 bits per heavy atom. The highest BCUT2D eigenvalue weighted by molar-refractivity contribution is 5.66. The SMILES string of the molecule is CC(=O)OC1CC(C)CCC1C(C)c1ccccc1. The second-order valence-electron chi connectivity index (χ2n) is 5.93. The number of ether oxygens (including phenoxy) is 1. The molecule has 0 saturated heterocycles. The van der Waals surface area contributed by atoms with Gasteiger partial charge < -0.3 is 4.74 Å². The minimum Gasteiger partial charge on any atom is -0.462 e. The van der Waals surface area contributed by atoms with Crippen LogP contribution in [-0.4, -0.2) is 12.1 Å². The van der Waals surface area contributed by atoms with Crippen molar-refractivity contribution in [2.45, 2.75) is 52.1 Å². The van der Waals surface area contributed by atoms with Gasteiger partial charge in [0, 0.05) is 12.8 Å². The number of carbonyl (C=O) groups is 1. The quantitative estimate of drug-likeness (QED) is 0.763. The molecule has 1 aromatic rings. The summed E-state index contributed by atoms with van der Waals surface area (Å²) in [5, 5.41) is 0. The molecule has 4 unspecified atom stereocenters. The minimum atomic E-state index is -0.149. The first kappa shape index (κ1) is 14.1. The Bertz CT molecular complexity index is 413. The molecule has 0 radical (unpaired) electrons. The number of carbonyl (C=O) groups excluding carboxylic acids is 1. The van der Waals surface area contributed by atoms with Gasteiger partial charge in [-0.3, -0.25) is 4.79 Å². The Hall–Kier alpha value is -1.31. The number of esters is 1. The van der Waals surface area contributed by atoms with Gasteiger partial charge in [-0.15, -0.1) is 0 Å². The van der Waals surface area contributed by atoms with Crippen molar-refractivity contribution in [3.8, 4) is 0 Å². The minimum absolute atomic E-state index is 0.0801. The summed E-state index contributed by atoms with van der Waals surface area (Å²) in [4.78, 5) is 11.3. The Labute approximate surface area is 116 Å². The molecule has 0 bridgehead atoms. The van der Waals surface area contributed by atoms with Crippen LogP contribution in [0.4, 0.5) is 0 Å². The third-order valence-electron chi connectivity index (χ3n) is 4.39. The number of rotatable bonds is 3. The van der Waals surface area contributed by atoms with Crippen LogP contribution in [0.5, 0.6) is 0 Å². The lowest BCUT2D eigenvalue weighted by molar-refractivity contribution is -0.152. The molecular weight excluding hydrogens is 236 g/mol. The van der Waals surface area contributed by atoms with Crippen molar-refractivity contribution in [1.82, 2.24) is 0 Å². The molecule has 0 amide bonds. The number of hydrogen-bond acceptors (Lipinski definition) is 2. The van der Waals surface area contributed by atoms with Crippen molar-refractivity contribution in [2.75, 3.05) is 0 Å². The average Bonchev–Trinajstić information content (AvgIpc) is 2.38. The van der Waals surface area contributed by atoms with Crippen molar-refractivity contribution >= 4 is 5.97 Å². The van der Waals surface area contributed by atoms with Crippen molar-refractivity contribution in [3.05, 3.63) is 35.9 Å². The maximum atomic E-state index is 11.3. The maximum absolute atomic E-state index is 11.3. The van der Waals surface area contributed by atoms with Crippen molar-refractivity contribution in [3.63, 3.8) is 0 Å².